The Morgan fingerprint density at radius 2 is 2.29 bits per heavy atom. The van der Waals surface area contributed by atoms with Gasteiger partial charge >= 0.3 is 0 Å². The molecule has 0 atom stereocenters. The Bertz CT molecular complexity index is 274. The molecule has 3 heteroatoms. The van der Waals surface area contributed by atoms with Crippen molar-refractivity contribution in [2.75, 3.05) is 6.54 Å². The van der Waals surface area contributed by atoms with Crippen LogP contribution in [0, 0.1) is 0 Å². The number of nitrogens with zero attached hydrogens (tertiary/aromatic N) is 1. The van der Waals surface area contributed by atoms with Gasteiger partial charge in [-0.1, -0.05) is 0 Å². The molecule has 14 heavy (non-hydrogen) atoms. The van der Waals surface area contributed by atoms with E-state index in [9.17, 15) is 0 Å². The number of rotatable bonds is 5. The standard InChI is InChI=1S/C11H18N2O/c1-9(2)14-11-5-7-13-8-10(11)4-3-6-12/h5,7-9H,3-4,6,12H2,1-2H3. The largest absolute Gasteiger partial charge is 0.491 e. The van der Waals surface area contributed by atoms with E-state index in [0.29, 0.717) is 6.54 Å². The first-order valence-corrected chi connectivity index (χ1v) is 5.03. The summed E-state index contributed by atoms with van der Waals surface area (Å²) < 4.78 is 5.66. The number of nitrogens with two attached hydrogens (primary N) is 1. The third-order valence-electron chi connectivity index (χ3n) is 1.87. The second-order valence-electron chi connectivity index (χ2n) is 3.54. The monoisotopic (exact) mass is 194 g/mol. The van der Waals surface area contributed by atoms with E-state index in [1.165, 1.54) is 0 Å². The van der Waals surface area contributed by atoms with Crippen LogP contribution in [0.1, 0.15) is 25.8 Å². The molecule has 0 fully saturated rings. The van der Waals surface area contributed by atoms with E-state index < -0.39 is 0 Å². The smallest absolute Gasteiger partial charge is 0.125 e. The second-order valence-corrected chi connectivity index (χ2v) is 3.54. The average molecular weight is 194 g/mol. The van der Waals surface area contributed by atoms with Gasteiger partial charge in [0, 0.05) is 18.0 Å². The van der Waals surface area contributed by atoms with Crippen molar-refractivity contribution >= 4 is 0 Å². The van der Waals surface area contributed by atoms with Crippen LogP contribution >= 0.6 is 0 Å². The molecule has 78 valence electrons. The molecule has 0 bridgehead atoms. The third kappa shape index (κ3) is 3.34. The normalized spacial score (nSPS) is 10.6. The molecule has 0 aliphatic heterocycles. The highest BCUT2D eigenvalue weighted by atomic mass is 16.5. The van der Waals surface area contributed by atoms with Crippen LogP contribution in [0.2, 0.25) is 0 Å². The Morgan fingerprint density at radius 3 is 2.93 bits per heavy atom. The van der Waals surface area contributed by atoms with Crippen LogP contribution in [0.5, 0.6) is 5.75 Å². The summed E-state index contributed by atoms with van der Waals surface area (Å²) in [6.07, 6.45) is 5.72. The molecule has 0 saturated heterocycles. The minimum atomic E-state index is 0.203. The van der Waals surface area contributed by atoms with Crippen LogP contribution in [0.3, 0.4) is 0 Å². The second kappa shape index (κ2) is 5.60. The summed E-state index contributed by atoms with van der Waals surface area (Å²) in [5.41, 5.74) is 6.61. The first kappa shape index (κ1) is 11.0. The zero-order chi connectivity index (χ0) is 10.4. The highest BCUT2D eigenvalue weighted by molar-refractivity contribution is 5.30. The molecule has 1 aromatic heterocycles. The molecule has 3 nitrogen and oxygen atoms in total. The quantitative estimate of drug-likeness (QED) is 0.777. The van der Waals surface area contributed by atoms with Gasteiger partial charge in [0.2, 0.25) is 0 Å². The van der Waals surface area contributed by atoms with Crippen LogP contribution in [0.25, 0.3) is 0 Å². The molecule has 1 rings (SSSR count). The SMILES string of the molecule is CC(C)Oc1ccncc1CCCN. The number of hydrogen-bond acceptors (Lipinski definition) is 3. The molecule has 1 aromatic rings. The molecule has 2 N–H and O–H groups in total. The lowest BCUT2D eigenvalue weighted by molar-refractivity contribution is 0.239. The van der Waals surface area contributed by atoms with Crippen molar-refractivity contribution < 1.29 is 4.74 Å². The van der Waals surface area contributed by atoms with Gasteiger partial charge in [-0.3, -0.25) is 4.98 Å². The minimum absolute atomic E-state index is 0.203. The molecule has 1 heterocycles. The molecule has 0 spiro atoms. The topological polar surface area (TPSA) is 48.1 Å². The average Bonchev–Trinajstić information content (AvgIpc) is 2.16. The van der Waals surface area contributed by atoms with E-state index in [1.807, 2.05) is 26.1 Å². The van der Waals surface area contributed by atoms with Crippen molar-refractivity contribution in [1.82, 2.24) is 4.98 Å². The highest BCUT2D eigenvalue weighted by Crippen LogP contribution is 2.19. The predicted octanol–water partition coefficient (Wildman–Crippen LogP) is 1.76. The molecule has 0 aliphatic carbocycles. The lowest BCUT2D eigenvalue weighted by Crippen LogP contribution is -2.08. The predicted molar refractivity (Wildman–Crippen MR) is 57.4 cm³/mol. The molecular formula is C11H18N2O. The van der Waals surface area contributed by atoms with E-state index >= 15 is 0 Å². The van der Waals surface area contributed by atoms with Crippen molar-refractivity contribution in [1.29, 1.82) is 0 Å². The zero-order valence-corrected chi connectivity index (χ0v) is 8.86. The van der Waals surface area contributed by atoms with Crippen LogP contribution in [0.15, 0.2) is 18.5 Å². The summed E-state index contributed by atoms with van der Waals surface area (Å²) in [5.74, 6) is 0.934. The van der Waals surface area contributed by atoms with Gasteiger partial charge in [-0.15, -0.1) is 0 Å². The summed E-state index contributed by atoms with van der Waals surface area (Å²) in [4.78, 5) is 4.08. The molecule has 0 aliphatic rings. The lowest BCUT2D eigenvalue weighted by Gasteiger charge is -2.13. The zero-order valence-electron chi connectivity index (χ0n) is 8.86. The molecule has 0 saturated carbocycles. The maximum atomic E-state index is 5.66. The minimum Gasteiger partial charge on any atom is -0.491 e. The summed E-state index contributed by atoms with van der Waals surface area (Å²) in [7, 11) is 0. The highest BCUT2D eigenvalue weighted by Gasteiger charge is 2.04. The fourth-order valence-electron chi connectivity index (χ4n) is 1.26. The van der Waals surface area contributed by atoms with E-state index in [1.54, 1.807) is 6.20 Å². The Labute approximate surface area is 85.3 Å². The van der Waals surface area contributed by atoms with Crippen LogP contribution in [-0.4, -0.2) is 17.6 Å². The molecule has 0 aromatic carbocycles. The van der Waals surface area contributed by atoms with Crippen molar-refractivity contribution in [3.63, 3.8) is 0 Å². The van der Waals surface area contributed by atoms with E-state index in [2.05, 4.69) is 4.98 Å². The Morgan fingerprint density at radius 1 is 1.50 bits per heavy atom. The Balaban J connectivity index is 2.69. The summed E-state index contributed by atoms with van der Waals surface area (Å²) >= 11 is 0. The molecule has 0 unspecified atom stereocenters. The van der Waals surface area contributed by atoms with Gasteiger partial charge in [-0.2, -0.15) is 0 Å². The number of pyridine rings is 1. The van der Waals surface area contributed by atoms with Crippen LogP contribution in [0.4, 0.5) is 0 Å². The van der Waals surface area contributed by atoms with Gasteiger partial charge in [0.05, 0.1) is 6.10 Å². The third-order valence-corrected chi connectivity index (χ3v) is 1.87. The fourth-order valence-corrected chi connectivity index (χ4v) is 1.26. The van der Waals surface area contributed by atoms with Gasteiger partial charge < -0.3 is 10.5 Å². The Kier molecular flexibility index (Phi) is 4.40. The van der Waals surface area contributed by atoms with Crippen LogP contribution < -0.4 is 10.5 Å². The fraction of sp³-hybridized carbons (Fsp3) is 0.545. The summed E-state index contributed by atoms with van der Waals surface area (Å²) in [5, 5.41) is 0. The Hall–Kier alpha value is -1.09. The molecule has 0 amide bonds. The van der Waals surface area contributed by atoms with Gasteiger partial charge in [0.15, 0.2) is 0 Å². The summed E-state index contributed by atoms with van der Waals surface area (Å²) in [6.45, 7) is 4.75. The maximum Gasteiger partial charge on any atom is 0.125 e. The van der Waals surface area contributed by atoms with Crippen molar-refractivity contribution in [3.05, 3.63) is 24.0 Å². The van der Waals surface area contributed by atoms with Gasteiger partial charge in [-0.25, -0.2) is 0 Å². The number of hydrogen-bond donors (Lipinski definition) is 1. The van der Waals surface area contributed by atoms with E-state index in [0.717, 1.165) is 24.2 Å². The van der Waals surface area contributed by atoms with Gasteiger partial charge in [-0.05, 0) is 39.3 Å². The molecular weight excluding hydrogens is 176 g/mol. The van der Waals surface area contributed by atoms with Gasteiger partial charge in [0.1, 0.15) is 5.75 Å². The maximum absolute atomic E-state index is 5.66. The number of ether oxygens (including phenoxy) is 1. The van der Waals surface area contributed by atoms with E-state index in [-0.39, 0.29) is 6.10 Å². The van der Waals surface area contributed by atoms with Crippen LogP contribution in [-0.2, 0) is 6.42 Å². The van der Waals surface area contributed by atoms with Gasteiger partial charge in [0.25, 0.3) is 0 Å². The van der Waals surface area contributed by atoms with Crippen molar-refractivity contribution in [2.45, 2.75) is 32.8 Å². The van der Waals surface area contributed by atoms with E-state index in [4.69, 9.17) is 10.5 Å². The number of aromatic nitrogens is 1. The first-order valence-electron chi connectivity index (χ1n) is 5.03. The number of aryl methyl sites for hydroxylation is 1. The van der Waals surface area contributed by atoms with Crippen molar-refractivity contribution in [2.24, 2.45) is 5.73 Å². The first-order chi connectivity index (χ1) is 6.74. The molecule has 0 radical (unpaired) electrons. The summed E-state index contributed by atoms with van der Waals surface area (Å²) in [6, 6.07) is 1.91. The van der Waals surface area contributed by atoms with Crippen molar-refractivity contribution in [3.8, 4) is 5.75 Å². The lowest BCUT2D eigenvalue weighted by atomic mass is 10.1.